The van der Waals surface area contributed by atoms with Gasteiger partial charge in [-0.05, 0) is 73.9 Å². The van der Waals surface area contributed by atoms with Crippen molar-refractivity contribution < 1.29 is 54.3 Å². The van der Waals surface area contributed by atoms with Crippen LogP contribution in [0.4, 0.5) is 11.4 Å². The number of hydrogen-bond acceptors (Lipinski definition) is 3. The molecule has 0 aliphatic carbocycles. The molecule has 0 saturated carbocycles. The maximum atomic E-state index is 5.02. The average molecular weight is 588 g/mol. The van der Waals surface area contributed by atoms with E-state index in [-0.39, 0.29) is 54.3 Å². The molecular weight excluding hydrogens is 553 g/mol. The molecule has 2 aromatic carbocycles. The largest absolute Gasteiger partial charge is 3.00 e. The van der Waals surface area contributed by atoms with Crippen molar-refractivity contribution in [3.05, 3.63) is 88.2 Å². The van der Waals surface area contributed by atoms with E-state index in [1.165, 1.54) is 22.3 Å². The topological polar surface area (TPSA) is 37.6 Å². The van der Waals surface area contributed by atoms with Crippen LogP contribution in [0, 0.1) is 0 Å². The minimum absolute atomic E-state index is 0. The Bertz CT molecular complexity index is 1030. The first-order chi connectivity index (χ1) is 15.5. The zero-order chi connectivity index (χ0) is 23.1. The van der Waals surface area contributed by atoms with Crippen LogP contribution in [-0.4, -0.2) is 16.4 Å². The van der Waals surface area contributed by atoms with Crippen molar-refractivity contribution in [1.29, 1.82) is 0 Å². The molecule has 0 bridgehead atoms. The second-order valence-electron chi connectivity index (χ2n) is 8.07. The van der Waals surface area contributed by atoms with Crippen LogP contribution in [0.15, 0.2) is 64.6 Å². The van der Waals surface area contributed by atoms with Gasteiger partial charge in [0.25, 0.3) is 0 Å². The van der Waals surface area contributed by atoms with E-state index >= 15 is 0 Å². The maximum Gasteiger partial charge on any atom is 3.00 e. The Hall–Kier alpha value is -1.68. The summed E-state index contributed by atoms with van der Waals surface area (Å²) in [6, 6.07) is 19.1. The van der Waals surface area contributed by atoms with Crippen LogP contribution in [0.5, 0.6) is 0 Å². The Balaban J connectivity index is 0. The third-order valence-electron chi connectivity index (χ3n) is 5.98. The second-order valence-corrected chi connectivity index (χ2v) is 8.07. The molecule has 0 aliphatic rings. The van der Waals surface area contributed by atoms with Crippen LogP contribution in [-0.2, 0) is 42.8 Å². The third kappa shape index (κ3) is 8.71. The Morgan fingerprint density at radius 2 is 0.833 bits per heavy atom. The molecule has 36 heavy (non-hydrogen) atoms. The standard InChI is InChI=1S/C29H35N3.3ClH.Fe/c1-7-22-14-11-15-23(8-2)28(22)30-20(5)26-18-13-19-27(32-26)21(6)31-29-24(9-3)16-12-17-25(29)10-4;;;;/h11-19H,7-10H2,1-6H3;3*1H;/q;;;;+3/p-3. The molecule has 0 N–H and O–H groups in total. The van der Waals surface area contributed by atoms with Crippen molar-refractivity contribution >= 4 is 22.8 Å². The molecule has 0 saturated heterocycles. The first kappa shape index (κ1) is 36.5. The Labute approximate surface area is 246 Å². The van der Waals surface area contributed by atoms with Gasteiger partial charge in [0.15, 0.2) is 0 Å². The van der Waals surface area contributed by atoms with Crippen molar-refractivity contribution in [3.8, 4) is 0 Å². The fourth-order valence-corrected chi connectivity index (χ4v) is 4.01. The number of rotatable bonds is 8. The van der Waals surface area contributed by atoms with E-state index in [4.69, 9.17) is 15.0 Å². The fraction of sp³-hybridized carbons (Fsp3) is 0.345. The Morgan fingerprint density at radius 1 is 0.556 bits per heavy atom. The minimum atomic E-state index is 0. The monoisotopic (exact) mass is 586 g/mol. The van der Waals surface area contributed by atoms with Gasteiger partial charge in [-0.3, -0.25) is 9.98 Å². The summed E-state index contributed by atoms with van der Waals surface area (Å²) in [5.74, 6) is 0. The van der Waals surface area contributed by atoms with Crippen LogP contribution in [0.3, 0.4) is 0 Å². The molecule has 3 nitrogen and oxygen atoms in total. The van der Waals surface area contributed by atoms with E-state index < -0.39 is 0 Å². The first-order valence-corrected chi connectivity index (χ1v) is 11.8. The van der Waals surface area contributed by atoms with Gasteiger partial charge in [-0.2, -0.15) is 0 Å². The molecule has 7 heteroatoms. The summed E-state index contributed by atoms with van der Waals surface area (Å²) in [6.45, 7) is 12.8. The van der Waals surface area contributed by atoms with Gasteiger partial charge in [0.05, 0.1) is 34.2 Å². The summed E-state index contributed by atoms with van der Waals surface area (Å²) in [6.07, 6.45) is 3.87. The van der Waals surface area contributed by atoms with Crippen LogP contribution in [0.2, 0.25) is 0 Å². The predicted molar refractivity (Wildman–Crippen MR) is 138 cm³/mol. The smallest absolute Gasteiger partial charge is 1.00 e. The SMILES string of the molecule is CCc1cccc(CC)c1N=C(C)c1cccc(C(C)=Nc2c(CC)cccc2CC)n1.[Cl-].[Cl-].[Cl-].[Fe+3]. The molecule has 195 valence electrons. The average Bonchev–Trinajstić information content (AvgIpc) is 2.84. The van der Waals surface area contributed by atoms with Gasteiger partial charge in [0, 0.05) is 0 Å². The van der Waals surface area contributed by atoms with Gasteiger partial charge in [0.2, 0.25) is 0 Å². The number of hydrogen-bond donors (Lipinski definition) is 0. The quantitative estimate of drug-likeness (QED) is 0.237. The van der Waals surface area contributed by atoms with E-state index in [2.05, 4.69) is 70.2 Å². The Morgan fingerprint density at radius 3 is 1.11 bits per heavy atom. The molecule has 3 rings (SSSR count). The van der Waals surface area contributed by atoms with Gasteiger partial charge in [-0.15, -0.1) is 0 Å². The first-order valence-electron chi connectivity index (χ1n) is 11.8. The number of aliphatic imine (C=N–C) groups is 2. The number of nitrogens with zero attached hydrogens (tertiary/aromatic N) is 3. The van der Waals surface area contributed by atoms with Gasteiger partial charge in [0.1, 0.15) is 0 Å². The third-order valence-corrected chi connectivity index (χ3v) is 5.98. The van der Waals surface area contributed by atoms with Gasteiger partial charge in [-0.25, -0.2) is 4.98 Å². The normalized spacial score (nSPS) is 10.9. The molecule has 0 fully saturated rings. The summed E-state index contributed by atoms with van der Waals surface area (Å²) < 4.78 is 0. The summed E-state index contributed by atoms with van der Waals surface area (Å²) >= 11 is 0. The van der Waals surface area contributed by atoms with E-state index in [9.17, 15) is 0 Å². The number of aromatic nitrogens is 1. The van der Waals surface area contributed by atoms with Crippen molar-refractivity contribution in [2.24, 2.45) is 9.98 Å². The predicted octanol–water partition coefficient (Wildman–Crippen LogP) is -1.38. The number of pyridine rings is 1. The summed E-state index contributed by atoms with van der Waals surface area (Å²) in [4.78, 5) is 15.0. The molecule has 3 aromatic rings. The second kappa shape index (κ2) is 17.7. The van der Waals surface area contributed by atoms with Crippen LogP contribution >= 0.6 is 0 Å². The van der Waals surface area contributed by atoms with Crippen LogP contribution in [0.1, 0.15) is 75.2 Å². The molecule has 0 atom stereocenters. The zero-order valence-corrected chi connectivity index (χ0v) is 25.2. The van der Waals surface area contributed by atoms with Crippen molar-refractivity contribution in [1.82, 2.24) is 4.98 Å². The molecular formula is C29H35Cl3FeN3. The van der Waals surface area contributed by atoms with Crippen LogP contribution in [0.25, 0.3) is 0 Å². The number of para-hydroxylation sites is 2. The van der Waals surface area contributed by atoms with E-state index in [1.54, 1.807) is 0 Å². The maximum absolute atomic E-state index is 5.02. The van der Waals surface area contributed by atoms with E-state index in [0.717, 1.165) is 59.9 Å². The molecule has 1 aromatic heterocycles. The summed E-state index contributed by atoms with van der Waals surface area (Å²) in [5.41, 5.74) is 10.9. The molecule has 1 heterocycles. The van der Waals surface area contributed by atoms with Gasteiger partial charge >= 0.3 is 17.1 Å². The van der Waals surface area contributed by atoms with Gasteiger partial charge < -0.3 is 37.2 Å². The van der Waals surface area contributed by atoms with E-state index in [0.29, 0.717) is 0 Å². The summed E-state index contributed by atoms with van der Waals surface area (Å²) in [7, 11) is 0. The summed E-state index contributed by atoms with van der Waals surface area (Å²) in [5, 5.41) is 0. The number of benzene rings is 2. The van der Waals surface area contributed by atoms with Gasteiger partial charge in [-0.1, -0.05) is 70.2 Å². The van der Waals surface area contributed by atoms with Crippen LogP contribution < -0.4 is 37.2 Å². The minimum Gasteiger partial charge on any atom is -1.00 e. The zero-order valence-electron chi connectivity index (χ0n) is 21.9. The number of halogens is 3. The molecule has 0 spiro atoms. The molecule has 1 radical (unpaired) electrons. The molecule has 0 unspecified atom stereocenters. The molecule has 0 aliphatic heterocycles. The van der Waals surface area contributed by atoms with Crippen molar-refractivity contribution in [2.75, 3.05) is 0 Å². The Kier molecular flexibility index (Phi) is 18.0. The fourth-order valence-electron chi connectivity index (χ4n) is 4.01. The van der Waals surface area contributed by atoms with Crippen molar-refractivity contribution in [3.63, 3.8) is 0 Å². The molecule has 0 amide bonds. The van der Waals surface area contributed by atoms with Crippen molar-refractivity contribution in [2.45, 2.75) is 67.2 Å². The van der Waals surface area contributed by atoms with E-state index in [1.807, 2.05) is 26.0 Å². The number of aryl methyl sites for hydroxylation is 4.